The molecule has 6 aliphatic rings. The molecule has 3 heteroatoms. The molecule has 3 unspecified atom stereocenters. The number of rotatable bonds is 3. The molecule has 4 aromatic rings. The third-order valence-electron chi connectivity index (χ3n) is 10.6. The first-order valence-electron chi connectivity index (χ1n) is 16.5. The predicted molar refractivity (Wildman–Crippen MR) is 190 cm³/mol. The molecule has 0 N–H and O–H groups in total. The van der Waals surface area contributed by atoms with Gasteiger partial charge in [0.15, 0.2) is 0 Å². The second kappa shape index (κ2) is 10.0. The van der Waals surface area contributed by atoms with E-state index in [1.54, 1.807) is 0 Å². The molecule has 0 radical (unpaired) electrons. The first kappa shape index (κ1) is 25.8. The maximum absolute atomic E-state index is 2.68. The Bertz CT molecular complexity index is 2190. The average molecular weight is 599 g/mol. The lowest BCUT2D eigenvalue weighted by atomic mass is 9.83. The molecule has 0 saturated heterocycles. The topological polar surface area (TPSA) is 8.17 Å². The lowest BCUT2D eigenvalue weighted by molar-refractivity contribution is 0.455. The Morgan fingerprint density at radius 1 is 0.733 bits per heavy atom. The Morgan fingerprint density at radius 2 is 1.62 bits per heavy atom. The van der Waals surface area contributed by atoms with Crippen molar-refractivity contribution in [1.82, 2.24) is 9.47 Å². The molecular weight excluding hydrogens is 565 g/mol. The van der Waals surface area contributed by atoms with Crippen molar-refractivity contribution in [3.05, 3.63) is 161 Å². The summed E-state index contributed by atoms with van der Waals surface area (Å²) >= 11 is 2.03. The predicted octanol–water partition coefficient (Wildman–Crippen LogP) is 10.9. The fraction of sp³-hybridized carbons (Fsp3) is 0.190. The quantitative estimate of drug-likeness (QED) is 0.232. The van der Waals surface area contributed by atoms with Gasteiger partial charge in [-0.2, -0.15) is 0 Å². The van der Waals surface area contributed by atoms with Gasteiger partial charge < -0.3 is 9.47 Å². The Labute approximate surface area is 268 Å². The first-order chi connectivity index (χ1) is 22.3. The summed E-state index contributed by atoms with van der Waals surface area (Å²) < 4.78 is 2.49. The van der Waals surface area contributed by atoms with Gasteiger partial charge in [0.25, 0.3) is 0 Å². The van der Waals surface area contributed by atoms with Crippen molar-refractivity contribution in [3.8, 4) is 0 Å². The van der Waals surface area contributed by atoms with E-state index < -0.39 is 0 Å². The van der Waals surface area contributed by atoms with Crippen LogP contribution in [0.3, 0.4) is 0 Å². The van der Waals surface area contributed by atoms with Crippen LogP contribution in [0.5, 0.6) is 0 Å². The standard InChI is InChI=1S/C42H34N2S/c1-2-11-29(12-3-1)43-35-16-7-4-13-30(35)33-25-27(21-23-37(33)43)28-22-24-38-34(26-28)31-14-5-8-17-36(31)44(38)39-18-10-20-41-42(39)32-15-6-9-19-40(32)45-41/h1-2,4-7,9-11,13-16,18-25,34,41-42H,3,8,12,17,26H2. The molecule has 2 aliphatic heterocycles. The maximum Gasteiger partial charge on any atom is 0.0538 e. The molecule has 3 heterocycles. The molecule has 218 valence electrons. The fourth-order valence-electron chi connectivity index (χ4n) is 8.65. The van der Waals surface area contributed by atoms with Gasteiger partial charge in [-0.25, -0.2) is 0 Å². The fourth-order valence-corrected chi connectivity index (χ4v) is 10.0. The molecule has 1 aromatic heterocycles. The number of hydrogen-bond acceptors (Lipinski definition) is 2. The van der Waals surface area contributed by atoms with Gasteiger partial charge in [0.1, 0.15) is 0 Å². The Morgan fingerprint density at radius 3 is 2.58 bits per heavy atom. The zero-order chi connectivity index (χ0) is 29.5. The Balaban J connectivity index is 1.08. The lowest BCUT2D eigenvalue weighted by Gasteiger charge is -2.36. The minimum absolute atomic E-state index is 0.391. The molecular formula is C42H34N2S. The maximum atomic E-state index is 2.68. The minimum atomic E-state index is 0.391. The van der Waals surface area contributed by atoms with Crippen LogP contribution in [-0.2, 0) is 0 Å². The average Bonchev–Trinajstić information content (AvgIpc) is 3.76. The van der Waals surface area contributed by atoms with Crippen LogP contribution in [-0.4, -0.2) is 14.7 Å². The van der Waals surface area contributed by atoms with Crippen LogP contribution >= 0.6 is 11.8 Å². The monoisotopic (exact) mass is 598 g/mol. The van der Waals surface area contributed by atoms with Crippen LogP contribution in [0.1, 0.15) is 49.1 Å². The number of fused-ring (bicyclic) bond motifs is 8. The molecule has 4 aliphatic carbocycles. The van der Waals surface area contributed by atoms with Gasteiger partial charge in [-0.15, -0.1) is 11.8 Å². The Kier molecular flexibility index (Phi) is 5.75. The molecule has 0 spiro atoms. The van der Waals surface area contributed by atoms with Gasteiger partial charge >= 0.3 is 0 Å². The van der Waals surface area contributed by atoms with Gasteiger partial charge in [0, 0.05) is 55.5 Å². The van der Waals surface area contributed by atoms with Crippen LogP contribution in [0.2, 0.25) is 0 Å². The summed E-state index contributed by atoms with van der Waals surface area (Å²) in [6.07, 6.45) is 29.0. The van der Waals surface area contributed by atoms with Crippen LogP contribution in [0.25, 0.3) is 33.1 Å². The Hall–Kier alpha value is -4.47. The molecule has 0 fully saturated rings. The van der Waals surface area contributed by atoms with E-state index in [0.29, 0.717) is 17.1 Å². The van der Waals surface area contributed by atoms with E-state index in [1.165, 1.54) is 71.8 Å². The normalized spacial score (nSPS) is 24.7. The van der Waals surface area contributed by atoms with E-state index >= 15 is 0 Å². The number of aromatic nitrogens is 1. The number of nitrogens with zero attached hydrogens (tertiary/aromatic N) is 2. The minimum Gasteiger partial charge on any atom is -0.320 e. The van der Waals surface area contributed by atoms with Gasteiger partial charge in [-0.3, -0.25) is 0 Å². The molecule has 2 nitrogen and oxygen atoms in total. The van der Waals surface area contributed by atoms with Gasteiger partial charge in [-0.05, 0) is 96.9 Å². The van der Waals surface area contributed by atoms with E-state index in [0.717, 1.165) is 32.1 Å². The van der Waals surface area contributed by atoms with Crippen molar-refractivity contribution in [2.24, 2.45) is 5.92 Å². The summed E-state index contributed by atoms with van der Waals surface area (Å²) in [5, 5.41) is 3.16. The molecule has 0 amide bonds. The highest BCUT2D eigenvalue weighted by molar-refractivity contribution is 8.00. The molecule has 3 aromatic carbocycles. The number of thioether (sulfide) groups is 1. The second-order valence-electron chi connectivity index (χ2n) is 13.0. The summed E-state index contributed by atoms with van der Waals surface area (Å²) in [7, 11) is 0. The van der Waals surface area contributed by atoms with Crippen LogP contribution < -0.4 is 0 Å². The SMILES string of the molecule is C1=CCCC(n2c3ccccc3c3cc(C4=CC=C5C(C4)C4=C(CCC=C4)N5C4=CC=CC5Sc6ccccc6C45)ccc32)=C1. The number of hydrogen-bond donors (Lipinski definition) is 0. The third-order valence-corrected chi connectivity index (χ3v) is 12.0. The molecule has 3 atom stereocenters. The number of allylic oxidation sites excluding steroid dienone is 14. The van der Waals surface area contributed by atoms with E-state index in [1.807, 2.05) is 11.8 Å². The van der Waals surface area contributed by atoms with E-state index in [4.69, 9.17) is 0 Å². The highest BCUT2D eigenvalue weighted by Crippen LogP contribution is 2.57. The zero-order valence-corrected chi connectivity index (χ0v) is 26.0. The molecule has 0 saturated carbocycles. The molecule has 0 bridgehead atoms. The zero-order valence-electron chi connectivity index (χ0n) is 25.2. The van der Waals surface area contributed by atoms with Crippen molar-refractivity contribution >= 4 is 44.8 Å². The van der Waals surface area contributed by atoms with E-state index in [-0.39, 0.29) is 0 Å². The van der Waals surface area contributed by atoms with Gasteiger partial charge in [0.2, 0.25) is 0 Å². The van der Waals surface area contributed by atoms with Crippen molar-refractivity contribution in [3.63, 3.8) is 0 Å². The van der Waals surface area contributed by atoms with Crippen molar-refractivity contribution in [1.29, 1.82) is 0 Å². The summed E-state index contributed by atoms with van der Waals surface area (Å²) in [6.45, 7) is 0. The lowest BCUT2D eigenvalue weighted by Crippen LogP contribution is -2.28. The first-order valence-corrected chi connectivity index (χ1v) is 17.4. The van der Waals surface area contributed by atoms with E-state index in [9.17, 15) is 0 Å². The van der Waals surface area contributed by atoms with Crippen molar-refractivity contribution in [2.75, 3.05) is 0 Å². The smallest absolute Gasteiger partial charge is 0.0538 e. The highest BCUT2D eigenvalue weighted by atomic mass is 32.2. The summed E-state index contributed by atoms with van der Waals surface area (Å²) in [5.41, 5.74) is 14.2. The largest absolute Gasteiger partial charge is 0.320 e. The van der Waals surface area contributed by atoms with E-state index in [2.05, 4.69) is 137 Å². The van der Waals surface area contributed by atoms with Crippen molar-refractivity contribution < 1.29 is 0 Å². The third kappa shape index (κ3) is 3.83. The summed E-state index contributed by atoms with van der Waals surface area (Å²) in [4.78, 5) is 4.12. The second-order valence-corrected chi connectivity index (χ2v) is 14.2. The number of para-hydroxylation sites is 1. The van der Waals surface area contributed by atoms with Crippen molar-refractivity contribution in [2.45, 2.75) is 48.2 Å². The number of benzene rings is 3. The van der Waals surface area contributed by atoms with Crippen LogP contribution in [0.15, 0.2) is 155 Å². The summed E-state index contributed by atoms with van der Waals surface area (Å²) in [5.74, 6) is 0.790. The summed E-state index contributed by atoms with van der Waals surface area (Å²) in [6, 6.07) is 25.2. The van der Waals surface area contributed by atoms with Gasteiger partial charge in [0.05, 0.1) is 11.0 Å². The van der Waals surface area contributed by atoms with Crippen LogP contribution in [0.4, 0.5) is 0 Å². The van der Waals surface area contributed by atoms with Gasteiger partial charge in [-0.1, -0.05) is 85.0 Å². The molecule has 45 heavy (non-hydrogen) atoms. The van der Waals surface area contributed by atoms with Crippen LogP contribution in [0, 0.1) is 5.92 Å². The highest BCUT2D eigenvalue weighted by Gasteiger charge is 2.44. The molecule has 10 rings (SSSR count).